The number of anilines is 1. The van der Waals surface area contributed by atoms with Crippen molar-refractivity contribution in [3.63, 3.8) is 0 Å². The third kappa shape index (κ3) is 3.47. The maximum Gasteiger partial charge on any atom is 0.218 e. The zero-order chi connectivity index (χ0) is 14.5. The van der Waals surface area contributed by atoms with Gasteiger partial charge in [-0.3, -0.25) is 0 Å². The van der Waals surface area contributed by atoms with Gasteiger partial charge in [0.15, 0.2) is 0 Å². The molecule has 20 heavy (non-hydrogen) atoms. The molecule has 1 atom stereocenters. The van der Waals surface area contributed by atoms with Crippen LogP contribution in [0.25, 0.3) is 0 Å². The van der Waals surface area contributed by atoms with Crippen LogP contribution in [0.15, 0.2) is 30.3 Å². The maximum absolute atomic E-state index is 5.16. The van der Waals surface area contributed by atoms with Crippen molar-refractivity contribution in [1.82, 2.24) is 9.97 Å². The van der Waals surface area contributed by atoms with E-state index in [1.54, 1.807) is 7.11 Å². The quantitative estimate of drug-likeness (QED) is 0.903. The van der Waals surface area contributed by atoms with E-state index in [1.807, 2.05) is 13.0 Å². The minimum absolute atomic E-state index is 0.180. The number of aryl methyl sites for hydroxylation is 2. The summed E-state index contributed by atoms with van der Waals surface area (Å²) >= 11 is 0. The largest absolute Gasteiger partial charge is 0.481 e. The van der Waals surface area contributed by atoms with Crippen LogP contribution in [-0.4, -0.2) is 17.1 Å². The summed E-state index contributed by atoms with van der Waals surface area (Å²) in [5, 5.41) is 3.38. The van der Waals surface area contributed by atoms with Crippen LogP contribution in [0.5, 0.6) is 5.88 Å². The van der Waals surface area contributed by atoms with Gasteiger partial charge in [0.1, 0.15) is 11.6 Å². The Bertz CT molecular complexity index is 566. The number of hydrogen-bond acceptors (Lipinski definition) is 4. The first kappa shape index (κ1) is 14.3. The molecule has 4 heteroatoms. The lowest BCUT2D eigenvalue weighted by Crippen LogP contribution is -2.09. The predicted octanol–water partition coefficient (Wildman–Crippen LogP) is 3.53. The lowest BCUT2D eigenvalue weighted by atomic mass is 10.1. The highest BCUT2D eigenvalue weighted by molar-refractivity contribution is 5.41. The molecule has 1 unspecified atom stereocenters. The van der Waals surface area contributed by atoms with Crippen LogP contribution in [0, 0.1) is 6.92 Å². The monoisotopic (exact) mass is 271 g/mol. The SMILES string of the molecule is CCc1ccc(C(C)Nc2cc(OC)nc(C)n2)cc1. The average Bonchev–Trinajstić information content (AvgIpc) is 2.46. The zero-order valence-electron chi connectivity index (χ0n) is 12.5. The van der Waals surface area contributed by atoms with Gasteiger partial charge < -0.3 is 10.1 Å². The Morgan fingerprint density at radius 2 is 1.90 bits per heavy atom. The second kappa shape index (κ2) is 6.37. The normalized spacial score (nSPS) is 12.0. The second-order valence-corrected chi connectivity index (χ2v) is 4.80. The molecule has 0 saturated carbocycles. The third-order valence-electron chi connectivity index (χ3n) is 3.28. The minimum Gasteiger partial charge on any atom is -0.481 e. The van der Waals surface area contributed by atoms with Gasteiger partial charge in [-0.25, -0.2) is 4.98 Å². The molecule has 1 N–H and O–H groups in total. The molecule has 0 radical (unpaired) electrons. The minimum atomic E-state index is 0.180. The molecule has 0 fully saturated rings. The van der Waals surface area contributed by atoms with Crippen molar-refractivity contribution < 1.29 is 4.74 Å². The highest BCUT2D eigenvalue weighted by Crippen LogP contribution is 2.20. The fraction of sp³-hybridized carbons (Fsp3) is 0.375. The van der Waals surface area contributed by atoms with Gasteiger partial charge in [-0.2, -0.15) is 4.98 Å². The summed E-state index contributed by atoms with van der Waals surface area (Å²) in [5.74, 6) is 2.05. The third-order valence-corrected chi connectivity index (χ3v) is 3.28. The van der Waals surface area contributed by atoms with Crippen LogP contribution in [0.4, 0.5) is 5.82 Å². The standard InChI is InChI=1S/C16H21N3O/c1-5-13-6-8-14(9-7-13)11(2)17-15-10-16(20-4)19-12(3)18-15/h6-11H,5H2,1-4H3,(H,17,18,19). The number of benzene rings is 1. The fourth-order valence-corrected chi connectivity index (χ4v) is 2.07. The summed E-state index contributed by atoms with van der Waals surface area (Å²) in [6.45, 7) is 6.13. The Kier molecular flexibility index (Phi) is 4.56. The van der Waals surface area contributed by atoms with Crippen molar-refractivity contribution in [2.75, 3.05) is 12.4 Å². The molecule has 0 bridgehead atoms. The van der Waals surface area contributed by atoms with E-state index in [-0.39, 0.29) is 6.04 Å². The van der Waals surface area contributed by atoms with Crippen molar-refractivity contribution >= 4 is 5.82 Å². The Labute approximate surface area is 120 Å². The number of ether oxygens (including phenoxy) is 1. The molecule has 0 aliphatic heterocycles. The Hall–Kier alpha value is -2.10. The highest BCUT2D eigenvalue weighted by Gasteiger charge is 2.08. The maximum atomic E-state index is 5.16. The first-order valence-electron chi connectivity index (χ1n) is 6.87. The van der Waals surface area contributed by atoms with E-state index in [2.05, 4.69) is 53.4 Å². The van der Waals surface area contributed by atoms with Gasteiger partial charge >= 0.3 is 0 Å². The molecule has 4 nitrogen and oxygen atoms in total. The fourth-order valence-electron chi connectivity index (χ4n) is 2.07. The number of nitrogens with one attached hydrogen (secondary N) is 1. The first-order chi connectivity index (χ1) is 9.62. The number of rotatable bonds is 5. The van der Waals surface area contributed by atoms with Gasteiger partial charge in [-0.1, -0.05) is 31.2 Å². The van der Waals surface area contributed by atoms with Crippen LogP contribution in [0.3, 0.4) is 0 Å². The van der Waals surface area contributed by atoms with E-state index < -0.39 is 0 Å². The Morgan fingerprint density at radius 3 is 2.50 bits per heavy atom. The molecule has 0 amide bonds. The predicted molar refractivity (Wildman–Crippen MR) is 81.2 cm³/mol. The van der Waals surface area contributed by atoms with Crippen molar-refractivity contribution in [2.24, 2.45) is 0 Å². The van der Waals surface area contributed by atoms with Crippen molar-refractivity contribution in [1.29, 1.82) is 0 Å². The lowest BCUT2D eigenvalue weighted by molar-refractivity contribution is 0.396. The summed E-state index contributed by atoms with van der Waals surface area (Å²) < 4.78 is 5.16. The molecule has 2 aromatic rings. The number of methoxy groups -OCH3 is 1. The van der Waals surface area contributed by atoms with Gasteiger partial charge in [-0.05, 0) is 31.4 Å². The van der Waals surface area contributed by atoms with E-state index in [0.717, 1.165) is 12.2 Å². The summed E-state index contributed by atoms with van der Waals surface area (Å²) in [5.41, 5.74) is 2.58. The molecule has 0 aliphatic carbocycles. The molecule has 1 heterocycles. The Balaban J connectivity index is 2.13. The van der Waals surface area contributed by atoms with Gasteiger partial charge in [0.25, 0.3) is 0 Å². The van der Waals surface area contributed by atoms with Crippen molar-refractivity contribution in [3.8, 4) is 5.88 Å². The second-order valence-electron chi connectivity index (χ2n) is 4.80. The summed E-state index contributed by atoms with van der Waals surface area (Å²) in [7, 11) is 1.61. The van der Waals surface area contributed by atoms with Crippen LogP contribution < -0.4 is 10.1 Å². The molecular formula is C16H21N3O. The summed E-state index contributed by atoms with van der Waals surface area (Å²) in [4.78, 5) is 8.56. The molecule has 106 valence electrons. The van der Waals surface area contributed by atoms with Crippen LogP contribution in [-0.2, 0) is 6.42 Å². The Morgan fingerprint density at radius 1 is 1.20 bits per heavy atom. The van der Waals surface area contributed by atoms with E-state index in [1.165, 1.54) is 11.1 Å². The molecule has 1 aromatic heterocycles. The first-order valence-corrected chi connectivity index (χ1v) is 6.87. The van der Waals surface area contributed by atoms with E-state index in [4.69, 9.17) is 4.74 Å². The lowest BCUT2D eigenvalue weighted by Gasteiger charge is -2.16. The molecule has 0 aliphatic rings. The van der Waals surface area contributed by atoms with Crippen LogP contribution in [0.2, 0.25) is 0 Å². The number of hydrogen-bond donors (Lipinski definition) is 1. The van der Waals surface area contributed by atoms with Crippen molar-refractivity contribution in [3.05, 3.63) is 47.3 Å². The van der Waals surface area contributed by atoms with Crippen molar-refractivity contribution in [2.45, 2.75) is 33.2 Å². The summed E-state index contributed by atoms with van der Waals surface area (Å²) in [6, 6.07) is 10.6. The van der Waals surface area contributed by atoms with Gasteiger partial charge in [0.05, 0.1) is 7.11 Å². The molecule has 1 aromatic carbocycles. The van der Waals surface area contributed by atoms with E-state index >= 15 is 0 Å². The van der Waals surface area contributed by atoms with E-state index in [9.17, 15) is 0 Å². The van der Waals surface area contributed by atoms with Gasteiger partial charge in [-0.15, -0.1) is 0 Å². The smallest absolute Gasteiger partial charge is 0.218 e. The highest BCUT2D eigenvalue weighted by atomic mass is 16.5. The topological polar surface area (TPSA) is 47.0 Å². The number of aromatic nitrogens is 2. The van der Waals surface area contributed by atoms with Gasteiger partial charge in [0, 0.05) is 12.1 Å². The van der Waals surface area contributed by atoms with E-state index in [0.29, 0.717) is 11.7 Å². The van der Waals surface area contributed by atoms with Crippen LogP contribution >= 0.6 is 0 Å². The molecule has 2 rings (SSSR count). The summed E-state index contributed by atoms with van der Waals surface area (Å²) in [6.07, 6.45) is 1.06. The van der Waals surface area contributed by atoms with Gasteiger partial charge in [0.2, 0.25) is 5.88 Å². The molecular weight excluding hydrogens is 250 g/mol. The average molecular weight is 271 g/mol. The van der Waals surface area contributed by atoms with Crippen LogP contribution in [0.1, 0.15) is 36.8 Å². The zero-order valence-corrected chi connectivity index (χ0v) is 12.5. The molecule has 0 spiro atoms. The molecule has 0 saturated heterocycles. The number of nitrogens with zero attached hydrogens (tertiary/aromatic N) is 2.